The quantitative estimate of drug-likeness (QED) is 0.905. The third kappa shape index (κ3) is 3.39. The number of hydrogen-bond acceptors (Lipinski definition) is 3. The number of ether oxygens (including phenoxy) is 1. The van der Waals surface area contributed by atoms with Crippen LogP contribution in [0.15, 0.2) is 36.4 Å². The van der Waals surface area contributed by atoms with Gasteiger partial charge in [0.15, 0.2) is 0 Å². The third-order valence-electron chi connectivity index (χ3n) is 2.68. The topological polar surface area (TPSA) is 38.3 Å². The Morgan fingerprint density at radius 1 is 1.30 bits per heavy atom. The molecule has 0 spiro atoms. The van der Waals surface area contributed by atoms with E-state index in [-0.39, 0.29) is 11.9 Å². The summed E-state index contributed by atoms with van der Waals surface area (Å²) in [6.07, 6.45) is 0. The van der Waals surface area contributed by atoms with Gasteiger partial charge in [0.05, 0.1) is 6.61 Å². The minimum Gasteiger partial charge on any atom is -0.492 e. The molecule has 20 heavy (non-hydrogen) atoms. The Bertz CT molecular complexity index is 575. The van der Waals surface area contributed by atoms with Gasteiger partial charge < -0.3 is 10.1 Å². The number of benzene rings is 1. The van der Waals surface area contributed by atoms with E-state index in [2.05, 4.69) is 5.32 Å². The minimum atomic E-state index is -0.0735. The van der Waals surface area contributed by atoms with Crippen LogP contribution in [0, 0.1) is 0 Å². The molecule has 0 bridgehead atoms. The summed E-state index contributed by atoms with van der Waals surface area (Å²) in [4.78, 5) is 13.9. The Labute approximate surface area is 123 Å². The van der Waals surface area contributed by atoms with Crippen LogP contribution in [-0.2, 0) is 0 Å². The Hall–Kier alpha value is -1.81. The van der Waals surface area contributed by atoms with Gasteiger partial charge in [0.1, 0.15) is 10.6 Å². The Kier molecular flexibility index (Phi) is 4.79. The van der Waals surface area contributed by atoms with Crippen LogP contribution in [0.3, 0.4) is 0 Å². The largest absolute Gasteiger partial charge is 0.492 e. The summed E-state index contributed by atoms with van der Waals surface area (Å²) in [6.45, 7) is 6.37. The molecule has 106 valence electrons. The maximum Gasteiger partial charge on any atom is 0.265 e. The van der Waals surface area contributed by atoms with Gasteiger partial charge in [-0.25, -0.2) is 0 Å². The van der Waals surface area contributed by atoms with E-state index in [4.69, 9.17) is 4.74 Å². The van der Waals surface area contributed by atoms with Gasteiger partial charge in [-0.2, -0.15) is 0 Å². The van der Waals surface area contributed by atoms with Gasteiger partial charge in [0.2, 0.25) is 0 Å². The zero-order valence-electron chi connectivity index (χ0n) is 12.0. The molecule has 3 nitrogen and oxygen atoms in total. The first-order chi connectivity index (χ1) is 9.61. The predicted octanol–water partition coefficient (Wildman–Crippen LogP) is 3.95. The fourth-order valence-corrected chi connectivity index (χ4v) is 2.88. The molecule has 0 fully saturated rings. The van der Waals surface area contributed by atoms with E-state index in [0.29, 0.717) is 17.2 Å². The van der Waals surface area contributed by atoms with Crippen molar-refractivity contribution >= 4 is 17.2 Å². The summed E-state index contributed by atoms with van der Waals surface area (Å²) >= 11 is 1.47. The van der Waals surface area contributed by atoms with Crippen LogP contribution in [0.2, 0.25) is 0 Å². The van der Waals surface area contributed by atoms with Gasteiger partial charge >= 0.3 is 0 Å². The maximum absolute atomic E-state index is 12.2. The zero-order valence-corrected chi connectivity index (χ0v) is 12.8. The van der Waals surface area contributed by atoms with E-state index < -0.39 is 0 Å². The molecular weight excluding hydrogens is 270 g/mol. The lowest BCUT2D eigenvalue weighted by Crippen LogP contribution is -2.29. The average molecular weight is 289 g/mol. The molecule has 0 aliphatic carbocycles. The molecule has 0 aliphatic heterocycles. The fraction of sp³-hybridized carbons (Fsp3) is 0.312. The van der Waals surface area contributed by atoms with E-state index >= 15 is 0 Å². The highest BCUT2D eigenvalue weighted by atomic mass is 32.1. The molecule has 0 aliphatic rings. The number of amides is 1. The molecule has 1 heterocycles. The van der Waals surface area contributed by atoms with Crippen LogP contribution in [0.1, 0.15) is 30.4 Å². The second-order valence-corrected chi connectivity index (χ2v) is 5.78. The second kappa shape index (κ2) is 6.57. The molecule has 2 aromatic rings. The van der Waals surface area contributed by atoms with Gasteiger partial charge in [-0.1, -0.05) is 30.3 Å². The van der Waals surface area contributed by atoms with E-state index in [1.54, 1.807) is 0 Å². The number of rotatable bonds is 5. The minimum absolute atomic E-state index is 0.0735. The maximum atomic E-state index is 12.2. The lowest BCUT2D eigenvalue weighted by molar-refractivity contribution is 0.0944. The number of carbonyl (C=O) groups excluding carboxylic acids is 1. The van der Waals surface area contributed by atoms with E-state index in [1.807, 2.05) is 57.2 Å². The lowest BCUT2D eigenvalue weighted by atomic mass is 10.2. The lowest BCUT2D eigenvalue weighted by Gasteiger charge is -2.08. The summed E-state index contributed by atoms with van der Waals surface area (Å²) < 4.78 is 5.59. The Balaban J connectivity index is 2.35. The summed E-state index contributed by atoms with van der Waals surface area (Å²) in [5.74, 6) is 0.588. The summed E-state index contributed by atoms with van der Waals surface area (Å²) in [6, 6.07) is 12.1. The molecule has 1 aromatic carbocycles. The van der Waals surface area contributed by atoms with Crippen molar-refractivity contribution in [3.05, 3.63) is 41.3 Å². The van der Waals surface area contributed by atoms with Gasteiger partial charge in [-0.15, -0.1) is 11.3 Å². The predicted molar refractivity (Wildman–Crippen MR) is 83.5 cm³/mol. The molecule has 1 N–H and O–H groups in total. The van der Waals surface area contributed by atoms with Crippen LogP contribution in [0.5, 0.6) is 5.75 Å². The highest BCUT2D eigenvalue weighted by Crippen LogP contribution is 2.36. The van der Waals surface area contributed by atoms with Gasteiger partial charge in [0.25, 0.3) is 5.91 Å². The number of nitrogens with one attached hydrogen (secondary N) is 1. The van der Waals surface area contributed by atoms with Crippen molar-refractivity contribution in [2.45, 2.75) is 26.8 Å². The number of thiophene rings is 1. The third-order valence-corrected chi connectivity index (χ3v) is 3.85. The highest BCUT2D eigenvalue weighted by Gasteiger charge is 2.18. The number of hydrogen-bond donors (Lipinski definition) is 1. The van der Waals surface area contributed by atoms with Gasteiger partial charge in [-0.3, -0.25) is 4.79 Å². The van der Waals surface area contributed by atoms with Crippen LogP contribution < -0.4 is 10.1 Å². The summed E-state index contributed by atoms with van der Waals surface area (Å²) in [5, 5.41) is 2.91. The van der Waals surface area contributed by atoms with Crippen molar-refractivity contribution in [2.24, 2.45) is 0 Å². The van der Waals surface area contributed by atoms with Crippen LogP contribution in [0.25, 0.3) is 10.4 Å². The zero-order chi connectivity index (χ0) is 14.5. The molecule has 1 aromatic heterocycles. The van der Waals surface area contributed by atoms with Crippen molar-refractivity contribution in [3.8, 4) is 16.2 Å². The highest BCUT2D eigenvalue weighted by molar-refractivity contribution is 7.17. The molecule has 0 unspecified atom stereocenters. The van der Waals surface area contributed by atoms with Crippen molar-refractivity contribution in [2.75, 3.05) is 6.61 Å². The summed E-state index contributed by atoms with van der Waals surface area (Å²) in [5.41, 5.74) is 1.10. The molecular formula is C16H19NO2S. The molecule has 0 saturated heterocycles. The first-order valence-corrected chi connectivity index (χ1v) is 7.56. The van der Waals surface area contributed by atoms with Crippen molar-refractivity contribution < 1.29 is 9.53 Å². The number of carbonyl (C=O) groups is 1. The first-order valence-electron chi connectivity index (χ1n) is 6.74. The van der Waals surface area contributed by atoms with E-state index in [0.717, 1.165) is 10.4 Å². The van der Waals surface area contributed by atoms with E-state index in [9.17, 15) is 4.79 Å². The molecule has 1 amide bonds. The monoisotopic (exact) mass is 289 g/mol. The second-order valence-electron chi connectivity index (χ2n) is 4.73. The molecule has 4 heteroatoms. The van der Waals surface area contributed by atoms with Gasteiger partial charge in [-0.05, 0) is 32.4 Å². The van der Waals surface area contributed by atoms with Crippen LogP contribution in [0.4, 0.5) is 0 Å². The first kappa shape index (κ1) is 14.6. The normalized spacial score (nSPS) is 10.6. The fourth-order valence-electron chi connectivity index (χ4n) is 1.87. The summed E-state index contributed by atoms with van der Waals surface area (Å²) in [7, 11) is 0. The molecule has 0 saturated carbocycles. The SMILES string of the molecule is CCOc1cc(-c2ccccc2)sc1C(=O)NC(C)C. The molecule has 2 rings (SSSR count). The average Bonchev–Trinajstić information content (AvgIpc) is 2.83. The van der Waals surface area contributed by atoms with E-state index in [1.165, 1.54) is 11.3 Å². The molecule has 0 radical (unpaired) electrons. The van der Waals surface area contributed by atoms with Crippen LogP contribution >= 0.6 is 11.3 Å². The van der Waals surface area contributed by atoms with Gasteiger partial charge in [0, 0.05) is 10.9 Å². The Morgan fingerprint density at radius 3 is 2.60 bits per heavy atom. The standard InChI is InChI=1S/C16H19NO2S/c1-4-19-13-10-14(12-8-6-5-7-9-12)20-15(13)16(18)17-11(2)3/h5-11H,4H2,1-3H3,(H,17,18). The van der Waals surface area contributed by atoms with Crippen molar-refractivity contribution in [3.63, 3.8) is 0 Å². The van der Waals surface area contributed by atoms with Crippen molar-refractivity contribution in [1.29, 1.82) is 0 Å². The Morgan fingerprint density at radius 2 is 2.00 bits per heavy atom. The smallest absolute Gasteiger partial charge is 0.265 e. The van der Waals surface area contributed by atoms with Crippen molar-refractivity contribution in [1.82, 2.24) is 5.32 Å². The molecule has 0 atom stereocenters. The van der Waals surface area contributed by atoms with Crippen LogP contribution in [-0.4, -0.2) is 18.6 Å².